The maximum atomic E-state index is 13.1. The Hall–Kier alpha value is -3.23. The zero-order chi connectivity index (χ0) is 19.4. The monoisotopic (exact) mass is 384 g/mol. The molecule has 3 atom stereocenters. The van der Waals surface area contributed by atoms with Crippen molar-refractivity contribution < 1.29 is 23.6 Å². The molecule has 144 valence electrons. The van der Waals surface area contributed by atoms with Crippen molar-refractivity contribution >= 4 is 17.9 Å². The molecule has 3 fully saturated rings. The van der Waals surface area contributed by atoms with Crippen LogP contribution >= 0.6 is 0 Å². The van der Waals surface area contributed by atoms with Crippen molar-refractivity contribution in [3.05, 3.63) is 48.0 Å². The molecule has 8 nitrogen and oxygen atoms in total. The van der Waals surface area contributed by atoms with Crippen LogP contribution in [0.25, 0.3) is 5.69 Å². The molecule has 1 aromatic heterocycles. The third-order valence-corrected chi connectivity index (χ3v) is 5.67. The van der Waals surface area contributed by atoms with E-state index in [1.54, 1.807) is 16.8 Å². The van der Waals surface area contributed by atoms with Crippen molar-refractivity contribution in [2.24, 2.45) is 11.8 Å². The van der Waals surface area contributed by atoms with E-state index in [-0.39, 0.29) is 36.4 Å². The second-order valence-corrected chi connectivity index (χ2v) is 7.36. The zero-order valence-corrected chi connectivity index (χ0v) is 14.8. The lowest BCUT2D eigenvalue weighted by Gasteiger charge is -2.21. The van der Waals surface area contributed by atoms with Gasteiger partial charge in [-0.1, -0.05) is 0 Å². The van der Waals surface area contributed by atoms with Gasteiger partial charge >= 0.3 is 6.09 Å². The number of amides is 3. The van der Waals surface area contributed by atoms with Gasteiger partial charge in [0.05, 0.1) is 11.4 Å². The van der Waals surface area contributed by atoms with E-state index in [9.17, 15) is 18.8 Å². The number of imide groups is 1. The molecule has 5 rings (SSSR count). The van der Waals surface area contributed by atoms with Gasteiger partial charge in [-0.3, -0.25) is 9.59 Å². The van der Waals surface area contributed by atoms with Gasteiger partial charge in [-0.15, -0.1) is 5.06 Å². The van der Waals surface area contributed by atoms with Crippen LogP contribution in [0.2, 0.25) is 0 Å². The Labute approximate surface area is 159 Å². The SMILES string of the molecule is O=C(ON1C(=O)CCC1=O)N1C[C@@H]2C(c3ccn(-c4ccc(F)cc4)n3)[C@@H]2C1. The van der Waals surface area contributed by atoms with E-state index in [0.717, 1.165) is 11.4 Å². The molecular formula is C19H17FN4O4. The molecule has 3 heterocycles. The highest BCUT2D eigenvalue weighted by Crippen LogP contribution is 2.57. The van der Waals surface area contributed by atoms with Crippen LogP contribution in [0.15, 0.2) is 36.5 Å². The summed E-state index contributed by atoms with van der Waals surface area (Å²) >= 11 is 0. The van der Waals surface area contributed by atoms with Gasteiger partial charge < -0.3 is 9.74 Å². The maximum absolute atomic E-state index is 13.1. The number of piperidine rings is 1. The molecule has 1 unspecified atom stereocenters. The topological polar surface area (TPSA) is 84.7 Å². The first-order chi connectivity index (χ1) is 13.5. The summed E-state index contributed by atoms with van der Waals surface area (Å²) in [5.41, 5.74) is 1.72. The quantitative estimate of drug-likeness (QED) is 0.754. The van der Waals surface area contributed by atoms with Gasteiger partial charge in [-0.05, 0) is 42.2 Å². The molecule has 2 saturated heterocycles. The number of hydrogen-bond donors (Lipinski definition) is 0. The third-order valence-electron chi connectivity index (χ3n) is 5.67. The molecule has 0 bridgehead atoms. The number of fused-ring (bicyclic) bond motifs is 1. The van der Waals surface area contributed by atoms with Crippen LogP contribution in [-0.2, 0) is 14.4 Å². The lowest BCUT2D eigenvalue weighted by atomic mass is 10.2. The van der Waals surface area contributed by atoms with Crippen LogP contribution in [0.4, 0.5) is 9.18 Å². The molecule has 0 spiro atoms. The summed E-state index contributed by atoms with van der Waals surface area (Å²) in [6, 6.07) is 8.05. The zero-order valence-electron chi connectivity index (χ0n) is 14.8. The van der Waals surface area contributed by atoms with Crippen molar-refractivity contribution in [3.63, 3.8) is 0 Å². The highest BCUT2D eigenvalue weighted by molar-refractivity contribution is 6.01. The number of aromatic nitrogens is 2. The van der Waals surface area contributed by atoms with Gasteiger partial charge in [0.25, 0.3) is 11.8 Å². The number of likely N-dealkylation sites (tertiary alicyclic amines) is 1. The Bertz CT molecular complexity index is 945. The van der Waals surface area contributed by atoms with Crippen LogP contribution in [0.3, 0.4) is 0 Å². The summed E-state index contributed by atoms with van der Waals surface area (Å²) in [7, 11) is 0. The number of hydrogen-bond acceptors (Lipinski definition) is 5. The van der Waals surface area contributed by atoms with Crippen molar-refractivity contribution in [2.75, 3.05) is 13.1 Å². The smallest absolute Gasteiger partial charge is 0.311 e. The van der Waals surface area contributed by atoms with Crippen LogP contribution in [0.5, 0.6) is 0 Å². The number of carbonyl (C=O) groups excluding carboxylic acids is 3. The maximum Gasteiger partial charge on any atom is 0.434 e. The molecule has 28 heavy (non-hydrogen) atoms. The molecule has 2 aliphatic heterocycles. The van der Waals surface area contributed by atoms with Crippen molar-refractivity contribution in [2.45, 2.75) is 18.8 Å². The fourth-order valence-electron chi connectivity index (χ4n) is 4.16. The molecule has 1 saturated carbocycles. The Balaban J connectivity index is 1.20. The fourth-order valence-corrected chi connectivity index (χ4v) is 4.16. The Morgan fingerprint density at radius 3 is 2.32 bits per heavy atom. The number of rotatable bonds is 3. The van der Waals surface area contributed by atoms with Crippen molar-refractivity contribution in [1.82, 2.24) is 19.7 Å². The lowest BCUT2D eigenvalue weighted by Crippen LogP contribution is -2.39. The van der Waals surface area contributed by atoms with Gasteiger partial charge in [0.2, 0.25) is 0 Å². The average Bonchev–Trinajstić information content (AvgIpc) is 3.10. The Morgan fingerprint density at radius 2 is 1.68 bits per heavy atom. The number of halogens is 1. The van der Waals surface area contributed by atoms with E-state index in [4.69, 9.17) is 4.84 Å². The van der Waals surface area contributed by atoms with E-state index >= 15 is 0 Å². The minimum atomic E-state index is -0.661. The molecule has 0 radical (unpaired) electrons. The highest BCUT2D eigenvalue weighted by Gasteiger charge is 2.58. The Kier molecular flexibility index (Phi) is 3.71. The Morgan fingerprint density at radius 1 is 1.04 bits per heavy atom. The number of benzene rings is 1. The summed E-state index contributed by atoms with van der Waals surface area (Å²) in [5.74, 6) is -0.417. The largest absolute Gasteiger partial charge is 0.434 e. The van der Waals surface area contributed by atoms with Gasteiger partial charge in [0.1, 0.15) is 5.82 Å². The summed E-state index contributed by atoms with van der Waals surface area (Å²) < 4.78 is 14.8. The third kappa shape index (κ3) is 2.74. The van der Waals surface area contributed by atoms with Crippen molar-refractivity contribution in [3.8, 4) is 5.69 Å². The minimum absolute atomic E-state index is 0.0795. The highest BCUT2D eigenvalue weighted by atomic mass is 19.1. The van der Waals surface area contributed by atoms with E-state index in [1.165, 1.54) is 17.0 Å². The molecular weight excluding hydrogens is 367 g/mol. The summed E-state index contributed by atoms with van der Waals surface area (Å²) in [6.45, 7) is 1.02. The van der Waals surface area contributed by atoms with E-state index in [1.807, 2.05) is 12.3 Å². The molecule has 3 aliphatic rings. The molecule has 1 aliphatic carbocycles. The molecule has 3 amide bonds. The van der Waals surface area contributed by atoms with E-state index < -0.39 is 17.9 Å². The predicted molar refractivity (Wildman–Crippen MR) is 92.4 cm³/mol. The van der Waals surface area contributed by atoms with Gasteiger partial charge in [-0.2, -0.15) is 5.10 Å². The standard InChI is InChI=1S/C19H17FN4O4/c20-11-1-3-12(4-2-11)23-8-7-15(21-23)18-13-9-22(10-14(13)18)19(27)28-24-16(25)5-6-17(24)26/h1-4,7-8,13-14,18H,5-6,9-10H2/t13-,14+,18?. The van der Waals surface area contributed by atoms with Gasteiger partial charge in [-0.25, -0.2) is 13.9 Å². The van der Waals surface area contributed by atoms with Crippen LogP contribution in [0.1, 0.15) is 24.5 Å². The first-order valence-electron chi connectivity index (χ1n) is 9.15. The van der Waals surface area contributed by atoms with Crippen molar-refractivity contribution in [1.29, 1.82) is 0 Å². The van der Waals surface area contributed by atoms with Crippen LogP contribution in [-0.4, -0.2) is 50.7 Å². The first kappa shape index (κ1) is 16.9. The predicted octanol–water partition coefficient (Wildman–Crippen LogP) is 1.86. The second kappa shape index (κ2) is 6.15. The number of carbonyl (C=O) groups is 3. The fraction of sp³-hybridized carbons (Fsp3) is 0.368. The van der Waals surface area contributed by atoms with E-state index in [0.29, 0.717) is 18.2 Å². The van der Waals surface area contributed by atoms with Crippen LogP contribution < -0.4 is 0 Å². The second-order valence-electron chi connectivity index (χ2n) is 7.36. The summed E-state index contributed by atoms with van der Waals surface area (Å²) in [4.78, 5) is 41.8. The number of hydroxylamine groups is 2. The summed E-state index contributed by atoms with van der Waals surface area (Å²) in [5, 5.41) is 5.17. The van der Waals surface area contributed by atoms with Gasteiger partial charge in [0, 0.05) is 38.0 Å². The van der Waals surface area contributed by atoms with Crippen LogP contribution in [0, 0.1) is 17.7 Å². The summed E-state index contributed by atoms with van der Waals surface area (Å²) in [6.07, 6.45) is 1.34. The van der Waals surface area contributed by atoms with Gasteiger partial charge in [0.15, 0.2) is 0 Å². The average molecular weight is 384 g/mol. The molecule has 2 aromatic rings. The molecule has 0 N–H and O–H groups in total. The van der Waals surface area contributed by atoms with E-state index in [2.05, 4.69) is 5.10 Å². The minimum Gasteiger partial charge on any atom is -0.311 e. The molecule has 9 heteroatoms. The number of nitrogens with zero attached hydrogens (tertiary/aromatic N) is 4. The first-order valence-corrected chi connectivity index (χ1v) is 9.15. The molecule has 1 aromatic carbocycles. The normalized spacial score (nSPS) is 26.0. The lowest BCUT2D eigenvalue weighted by molar-refractivity contribution is -0.173.